The molecular formula is C31H32N4O6. The molecule has 0 saturated carbocycles. The first-order valence-electron chi connectivity index (χ1n) is 14.2. The number of hydrogen-bond donors (Lipinski definition) is 1. The van der Waals surface area contributed by atoms with Gasteiger partial charge in [-0.2, -0.15) is 0 Å². The Bertz CT molecular complexity index is 1520. The minimum absolute atomic E-state index is 0.0575. The number of benzene rings is 2. The van der Waals surface area contributed by atoms with Crippen LogP contribution in [0.2, 0.25) is 0 Å². The number of imide groups is 1. The molecule has 0 radical (unpaired) electrons. The summed E-state index contributed by atoms with van der Waals surface area (Å²) in [5.41, 5.74) is 4.57. The van der Waals surface area contributed by atoms with Gasteiger partial charge >= 0.3 is 0 Å². The summed E-state index contributed by atoms with van der Waals surface area (Å²) in [5, 5.41) is 3.46. The van der Waals surface area contributed by atoms with Gasteiger partial charge in [0, 0.05) is 43.5 Å². The average molecular weight is 557 g/mol. The molecule has 7 rings (SSSR count). The normalized spacial score (nSPS) is 23.1. The lowest BCUT2D eigenvalue weighted by atomic mass is 10.0. The number of likely N-dealkylation sites (tertiary alicyclic amines) is 1. The minimum atomic E-state index is -0.616. The Kier molecular flexibility index (Phi) is 6.90. The molecule has 1 aromatic heterocycles. The number of ether oxygens (including phenoxy) is 3. The molecular weight excluding hydrogens is 524 g/mol. The van der Waals surface area contributed by atoms with Gasteiger partial charge in [0.15, 0.2) is 0 Å². The second kappa shape index (κ2) is 10.8. The molecule has 4 aliphatic heterocycles. The van der Waals surface area contributed by atoms with Crippen molar-refractivity contribution in [3.63, 3.8) is 0 Å². The second-order valence-corrected chi connectivity index (χ2v) is 11.3. The molecule has 1 unspecified atom stereocenters. The van der Waals surface area contributed by atoms with E-state index in [1.54, 1.807) is 11.0 Å². The number of hydrogen-bond acceptors (Lipinski definition) is 8. The third kappa shape index (κ3) is 5.42. The van der Waals surface area contributed by atoms with E-state index >= 15 is 0 Å². The topological polar surface area (TPSA) is 110 Å². The number of aromatic nitrogens is 1. The second-order valence-electron chi connectivity index (χ2n) is 11.3. The molecule has 5 heterocycles. The van der Waals surface area contributed by atoms with Crippen LogP contribution in [0.5, 0.6) is 5.75 Å². The van der Waals surface area contributed by atoms with Crippen LogP contribution in [-0.4, -0.2) is 77.1 Å². The zero-order valence-corrected chi connectivity index (χ0v) is 22.7. The maximum Gasteiger partial charge on any atom is 0.255 e. The summed E-state index contributed by atoms with van der Waals surface area (Å²) >= 11 is 0. The first-order chi connectivity index (χ1) is 20.0. The summed E-state index contributed by atoms with van der Waals surface area (Å²) in [6.07, 6.45) is 1.76. The maximum atomic E-state index is 13.0. The van der Waals surface area contributed by atoms with Gasteiger partial charge in [0.25, 0.3) is 5.91 Å². The van der Waals surface area contributed by atoms with Crippen LogP contribution in [0.15, 0.2) is 48.5 Å². The summed E-state index contributed by atoms with van der Waals surface area (Å²) < 4.78 is 17.3. The third-order valence-corrected chi connectivity index (χ3v) is 8.32. The molecule has 10 heteroatoms. The van der Waals surface area contributed by atoms with Crippen LogP contribution in [0.1, 0.15) is 46.4 Å². The van der Waals surface area contributed by atoms with Crippen LogP contribution in [-0.2, 0) is 38.8 Å². The number of nitrogens with one attached hydrogen (secondary N) is 1. The molecule has 10 nitrogen and oxygen atoms in total. The molecule has 212 valence electrons. The quantitative estimate of drug-likeness (QED) is 0.422. The van der Waals surface area contributed by atoms with Crippen LogP contribution in [0.4, 0.5) is 0 Å². The van der Waals surface area contributed by atoms with E-state index in [0.717, 1.165) is 54.0 Å². The van der Waals surface area contributed by atoms with Crippen molar-refractivity contribution in [2.75, 3.05) is 26.3 Å². The molecule has 3 saturated heterocycles. The third-order valence-electron chi connectivity index (χ3n) is 8.32. The van der Waals surface area contributed by atoms with E-state index in [1.165, 1.54) is 5.56 Å². The highest BCUT2D eigenvalue weighted by Crippen LogP contribution is 2.31. The largest absolute Gasteiger partial charge is 0.489 e. The van der Waals surface area contributed by atoms with Crippen LogP contribution in [0.25, 0.3) is 10.9 Å². The number of pyridine rings is 1. The number of rotatable bonds is 8. The molecule has 0 aliphatic carbocycles. The highest BCUT2D eigenvalue weighted by molar-refractivity contribution is 6.05. The van der Waals surface area contributed by atoms with E-state index in [4.69, 9.17) is 19.2 Å². The zero-order chi connectivity index (χ0) is 27.9. The Hall–Kier alpha value is -3.86. The lowest BCUT2D eigenvalue weighted by Gasteiger charge is -2.29. The number of carbonyl (C=O) groups is 3. The number of nitrogens with zero attached hydrogens (tertiary/aromatic N) is 3. The SMILES string of the molecule is O=C1CCC(N2Cc3cc(O[C@H]4CCN(Cc5ccc6nc(COC7COC7)ccc6c5)C4)ccc3C2=O)C(=O)N1. The molecule has 2 atom stereocenters. The fourth-order valence-electron chi connectivity index (χ4n) is 6.02. The number of piperidine rings is 1. The number of amides is 3. The molecule has 2 aromatic carbocycles. The van der Waals surface area contributed by atoms with Gasteiger partial charge in [0.2, 0.25) is 11.8 Å². The Morgan fingerprint density at radius 3 is 2.73 bits per heavy atom. The lowest BCUT2D eigenvalue weighted by Crippen LogP contribution is -2.52. The van der Waals surface area contributed by atoms with Gasteiger partial charge in [-0.25, -0.2) is 0 Å². The van der Waals surface area contributed by atoms with Crippen molar-refractivity contribution in [3.05, 3.63) is 70.9 Å². The van der Waals surface area contributed by atoms with Gasteiger partial charge in [0.05, 0.1) is 31.0 Å². The highest BCUT2D eigenvalue weighted by atomic mass is 16.6. The van der Waals surface area contributed by atoms with Gasteiger partial charge in [-0.05, 0) is 60.4 Å². The van der Waals surface area contributed by atoms with Gasteiger partial charge in [-0.1, -0.05) is 12.1 Å². The molecule has 3 aromatic rings. The van der Waals surface area contributed by atoms with Crippen LogP contribution in [0.3, 0.4) is 0 Å². The zero-order valence-electron chi connectivity index (χ0n) is 22.7. The minimum Gasteiger partial charge on any atom is -0.489 e. The van der Waals surface area contributed by atoms with Gasteiger partial charge in [0.1, 0.15) is 24.0 Å². The maximum absolute atomic E-state index is 13.0. The van der Waals surface area contributed by atoms with Crippen LogP contribution >= 0.6 is 0 Å². The van der Waals surface area contributed by atoms with Crippen molar-refractivity contribution >= 4 is 28.6 Å². The van der Waals surface area contributed by atoms with Crippen LogP contribution in [0, 0.1) is 0 Å². The Labute approximate surface area is 237 Å². The lowest BCUT2D eigenvalue weighted by molar-refractivity contribution is -0.136. The van der Waals surface area contributed by atoms with E-state index in [2.05, 4.69) is 34.5 Å². The summed E-state index contributed by atoms with van der Waals surface area (Å²) in [4.78, 5) is 45.5. The van der Waals surface area contributed by atoms with Crippen molar-refractivity contribution < 1.29 is 28.6 Å². The van der Waals surface area contributed by atoms with Crippen molar-refractivity contribution in [1.82, 2.24) is 20.1 Å². The number of fused-ring (bicyclic) bond motifs is 2. The van der Waals surface area contributed by atoms with Crippen molar-refractivity contribution in [2.45, 2.75) is 57.2 Å². The summed E-state index contributed by atoms with van der Waals surface area (Å²) in [6, 6.07) is 15.5. The first kappa shape index (κ1) is 26.1. The molecule has 3 fully saturated rings. The molecule has 3 amide bonds. The predicted octanol–water partition coefficient (Wildman–Crippen LogP) is 2.56. The van der Waals surface area contributed by atoms with Crippen LogP contribution < -0.4 is 10.1 Å². The molecule has 0 spiro atoms. The molecule has 0 bridgehead atoms. The summed E-state index contributed by atoms with van der Waals surface area (Å²) in [7, 11) is 0. The van der Waals surface area contributed by atoms with E-state index in [0.29, 0.717) is 38.3 Å². The molecule has 41 heavy (non-hydrogen) atoms. The Morgan fingerprint density at radius 1 is 1.00 bits per heavy atom. The summed E-state index contributed by atoms with van der Waals surface area (Å²) in [5.74, 6) is -0.131. The van der Waals surface area contributed by atoms with Crippen molar-refractivity contribution in [1.29, 1.82) is 0 Å². The van der Waals surface area contributed by atoms with Gasteiger partial charge < -0.3 is 19.1 Å². The van der Waals surface area contributed by atoms with Crippen molar-refractivity contribution in [2.24, 2.45) is 0 Å². The van der Waals surface area contributed by atoms with E-state index < -0.39 is 11.9 Å². The smallest absolute Gasteiger partial charge is 0.255 e. The van der Waals surface area contributed by atoms with E-state index in [9.17, 15) is 14.4 Å². The monoisotopic (exact) mass is 556 g/mol. The fraction of sp³-hybridized carbons (Fsp3) is 0.419. The van der Waals surface area contributed by atoms with Crippen molar-refractivity contribution in [3.8, 4) is 5.75 Å². The number of carbonyl (C=O) groups excluding carboxylic acids is 3. The predicted molar refractivity (Wildman–Crippen MR) is 148 cm³/mol. The Balaban J connectivity index is 0.941. The standard InChI is InChI=1S/C31H32N4O6/c36-29-8-7-28(30(37)33-29)35-14-21-12-23(4-5-26(21)31(35)38)41-24-9-10-34(15-24)13-19-1-6-27-20(11-19)2-3-22(32-27)16-40-25-17-39-18-25/h1-6,11-12,24-25,28H,7-10,13-18H2,(H,33,36,37)/t24-,28?/m0/s1. The summed E-state index contributed by atoms with van der Waals surface area (Å²) in [6.45, 7) is 4.76. The molecule has 4 aliphatic rings. The van der Waals surface area contributed by atoms with E-state index in [-0.39, 0.29) is 30.4 Å². The fourth-order valence-corrected chi connectivity index (χ4v) is 6.02. The Morgan fingerprint density at radius 2 is 1.90 bits per heavy atom. The highest BCUT2D eigenvalue weighted by Gasteiger charge is 2.39. The first-order valence-corrected chi connectivity index (χ1v) is 14.2. The van der Waals surface area contributed by atoms with Gasteiger partial charge in [-0.3, -0.25) is 29.6 Å². The average Bonchev–Trinajstić information content (AvgIpc) is 3.51. The van der Waals surface area contributed by atoms with Gasteiger partial charge in [-0.15, -0.1) is 0 Å². The van der Waals surface area contributed by atoms with E-state index in [1.807, 2.05) is 18.2 Å². The molecule has 1 N–H and O–H groups in total.